The molecule has 5 rings (SSSR count). The van der Waals surface area contributed by atoms with Gasteiger partial charge in [0.25, 0.3) is 5.91 Å². The minimum atomic E-state index is -0.315. The second-order valence-corrected chi connectivity index (χ2v) is 8.59. The fourth-order valence-corrected chi connectivity index (χ4v) is 4.46. The molecule has 2 aromatic heterocycles. The van der Waals surface area contributed by atoms with Gasteiger partial charge in [0.05, 0.1) is 28.5 Å². The number of hydrogen-bond acceptors (Lipinski definition) is 6. The third-order valence-electron chi connectivity index (χ3n) is 5.34. The third-order valence-corrected chi connectivity index (χ3v) is 6.35. The molecular formula is C26H18N4O2S. The second kappa shape index (κ2) is 8.74. The Bertz CT molecular complexity index is 1490. The van der Waals surface area contributed by atoms with Gasteiger partial charge in [-0.3, -0.25) is 15.1 Å². The maximum Gasteiger partial charge on any atom is 0.258 e. The number of nitrogens with one attached hydrogen (secondary N) is 1. The molecule has 1 fully saturated rings. The summed E-state index contributed by atoms with van der Waals surface area (Å²) in [5.41, 5.74) is 3.73. The molecule has 1 aliphatic carbocycles. The van der Waals surface area contributed by atoms with Gasteiger partial charge >= 0.3 is 0 Å². The highest BCUT2D eigenvalue weighted by Gasteiger charge is 2.20. The summed E-state index contributed by atoms with van der Waals surface area (Å²) in [6.45, 7) is 0. The summed E-state index contributed by atoms with van der Waals surface area (Å²) in [6, 6.07) is 15.1. The van der Waals surface area contributed by atoms with Gasteiger partial charge < -0.3 is 4.74 Å². The van der Waals surface area contributed by atoms with E-state index in [0.29, 0.717) is 44.6 Å². The topological polar surface area (TPSA) is 87.9 Å². The van der Waals surface area contributed by atoms with Crippen LogP contribution in [-0.2, 0) is 0 Å². The number of thiazole rings is 1. The molecule has 0 radical (unpaired) electrons. The van der Waals surface area contributed by atoms with Gasteiger partial charge in [-0.25, -0.2) is 4.98 Å². The number of pyridine rings is 1. The summed E-state index contributed by atoms with van der Waals surface area (Å²) in [5, 5.41) is 13.0. The van der Waals surface area contributed by atoms with Crippen molar-refractivity contribution in [3.05, 3.63) is 71.5 Å². The highest BCUT2D eigenvalue weighted by atomic mass is 32.1. The van der Waals surface area contributed by atoms with Gasteiger partial charge in [0.1, 0.15) is 11.8 Å². The summed E-state index contributed by atoms with van der Waals surface area (Å²) >= 11 is 1.27. The fourth-order valence-electron chi connectivity index (χ4n) is 3.51. The molecule has 2 heterocycles. The molecule has 1 amide bonds. The molecule has 7 heteroatoms. The van der Waals surface area contributed by atoms with Crippen LogP contribution in [0.15, 0.2) is 54.9 Å². The third kappa shape index (κ3) is 4.15. The van der Waals surface area contributed by atoms with E-state index in [9.17, 15) is 10.1 Å². The monoisotopic (exact) mass is 450 g/mol. The van der Waals surface area contributed by atoms with Crippen molar-refractivity contribution < 1.29 is 9.53 Å². The van der Waals surface area contributed by atoms with E-state index in [1.165, 1.54) is 11.3 Å². The number of nitrogens with zero attached hydrogens (tertiary/aromatic N) is 3. The van der Waals surface area contributed by atoms with Crippen molar-refractivity contribution in [2.75, 3.05) is 12.4 Å². The number of aromatic nitrogens is 2. The van der Waals surface area contributed by atoms with Crippen molar-refractivity contribution in [1.29, 1.82) is 5.26 Å². The van der Waals surface area contributed by atoms with Gasteiger partial charge in [-0.2, -0.15) is 5.26 Å². The minimum Gasteiger partial charge on any atom is -0.496 e. The highest BCUT2D eigenvalue weighted by Crippen LogP contribution is 2.34. The van der Waals surface area contributed by atoms with Gasteiger partial charge in [-0.1, -0.05) is 41.4 Å². The molecule has 0 spiro atoms. The van der Waals surface area contributed by atoms with E-state index < -0.39 is 0 Å². The van der Waals surface area contributed by atoms with Crippen molar-refractivity contribution in [3.8, 4) is 34.8 Å². The van der Waals surface area contributed by atoms with Crippen molar-refractivity contribution in [2.45, 2.75) is 12.8 Å². The van der Waals surface area contributed by atoms with Crippen LogP contribution in [0.2, 0.25) is 0 Å². The SMILES string of the molecule is COc1ccccc1-c1cnccc1C(=O)Nc1nc2ccc(C#CC3CC3)c(C#N)c2s1. The molecular weight excluding hydrogens is 432 g/mol. The lowest BCUT2D eigenvalue weighted by molar-refractivity contribution is 0.102. The van der Waals surface area contributed by atoms with Crippen LogP contribution >= 0.6 is 11.3 Å². The number of methoxy groups -OCH3 is 1. The molecule has 1 saturated carbocycles. The average Bonchev–Trinajstić information content (AvgIpc) is 3.60. The molecule has 1 N–H and O–H groups in total. The van der Waals surface area contributed by atoms with E-state index in [2.05, 4.69) is 33.2 Å². The van der Waals surface area contributed by atoms with Gasteiger partial charge in [0.15, 0.2) is 5.13 Å². The van der Waals surface area contributed by atoms with E-state index in [1.807, 2.05) is 36.4 Å². The number of hydrogen-bond donors (Lipinski definition) is 1. The lowest BCUT2D eigenvalue weighted by Gasteiger charge is -2.12. The van der Waals surface area contributed by atoms with Crippen molar-refractivity contribution in [2.24, 2.45) is 5.92 Å². The van der Waals surface area contributed by atoms with Crippen LogP contribution in [0.25, 0.3) is 21.3 Å². The summed E-state index contributed by atoms with van der Waals surface area (Å²) in [4.78, 5) is 21.9. The van der Waals surface area contributed by atoms with Crippen molar-refractivity contribution in [3.63, 3.8) is 0 Å². The molecule has 0 aliphatic heterocycles. The Kier molecular flexibility index (Phi) is 5.48. The second-order valence-electron chi connectivity index (χ2n) is 7.59. The van der Waals surface area contributed by atoms with Gasteiger partial charge in [0, 0.05) is 35.0 Å². The Morgan fingerprint density at radius 1 is 1.18 bits per heavy atom. The van der Waals surface area contributed by atoms with Crippen LogP contribution in [-0.4, -0.2) is 23.0 Å². The first-order valence-electron chi connectivity index (χ1n) is 10.4. The number of para-hydroxylation sites is 1. The number of rotatable bonds is 4. The van der Waals surface area contributed by atoms with Crippen LogP contribution in [0, 0.1) is 29.1 Å². The van der Waals surface area contributed by atoms with Gasteiger partial charge in [-0.05, 0) is 37.1 Å². The Balaban J connectivity index is 1.48. The summed E-state index contributed by atoms with van der Waals surface area (Å²) in [7, 11) is 1.59. The number of nitriles is 1. The smallest absolute Gasteiger partial charge is 0.258 e. The van der Waals surface area contributed by atoms with E-state index in [4.69, 9.17) is 4.74 Å². The molecule has 160 valence electrons. The number of benzene rings is 2. The first-order valence-corrected chi connectivity index (χ1v) is 11.2. The molecule has 6 nitrogen and oxygen atoms in total. The fraction of sp³-hybridized carbons (Fsp3) is 0.154. The molecule has 0 saturated heterocycles. The Hall–Kier alpha value is -4.20. The summed E-state index contributed by atoms with van der Waals surface area (Å²) in [6.07, 6.45) is 5.47. The van der Waals surface area contributed by atoms with Crippen molar-refractivity contribution >= 4 is 32.6 Å². The number of ether oxygens (including phenoxy) is 1. The zero-order valence-corrected chi connectivity index (χ0v) is 18.6. The van der Waals surface area contributed by atoms with Gasteiger partial charge in [-0.15, -0.1) is 0 Å². The molecule has 33 heavy (non-hydrogen) atoms. The van der Waals surface area contributed by atoms with Crippen LogP contribution in [0.5, 0.6) is 5.75 Å². The predicted molar refractivity (Wildman–Crippen MR) is 128 cm³/mol. The number of anilines is 1. The maximum atomic E-state index is 13.2. The lowest BCUT2D eigenvalue weighted by atomic mass is 10.0. The number of amides is 1. The normalized spacial score (nSPS) is 12.5. The zero-order valence-electron chi connectivity index (χ0n) is 17.8. The first-order chi connectivity index (χ1) is 16.2. The first kappa shape index (κ1) is 20.7. The quantitative estimate of drug-likeness (QED) is 0.429. The Morgan fingerprint density at radius 3 is 2.82 bits per heavy atom. The Morgan fingerprint density at radius 2 is 2.03 bits per heavy atom. The van der Waals surface area contributed by atoms with E-state index in [1.54, 1.807) is 25.6 Å². The number of carbonyl (C=O) groups is 1. The largest absolute Gasteiger partial charge is 0.496 e. The standard InChI is InChI=1S/C26H18N4O2S/c1-32-23-5-3-2-4-18(23)21-15-28-13-12-19(21)25(31)30-26-29-22-11-10-17(9-8-16-6-7-16)20(14-27)24(22)33-26/h2-5,10-13,15-16H,6-7H2,1H3,(H,29,30,31). The van der Waals surface area contributed by atoms with Crippen molar-refractivity contribution in [1.82, 2.24) is 9.97 Å². The molecule has 0 unspecified atom stereocenters. The summed E-state index contributed by atoms with van der Waals surface area (Å²) in [5.74, 6) is 7.11. The van der Waals surface area contributed by atoms with E-state index in [0.717, 1.165) is 23.1 Å². The number of fused-ring (bicyclic) bond motifs is 1. The van der Waals surface area contributed by atoms with Crippen LogP contribution < -0.4 is 10.1 Å². The molecule has 2 aromatic carbocycles. The van der Waals surface area contributed by atoms with Crippen LogP contribution in [0.1, 0.15) is 34.3 Å². The average molecular weight is 451 g/mol. The van der Waals surface area contributed by atoms with Crippen LogP contribution in [0.4, 0.5) is 5.13 Å². The van der Waals surface area contributed by atoms with Gasteiger partial charge in [0.2, 0.25) is 0 Å². The highest BCUT2D eigenvalue weighted by molar-refractivity contribution is 7.22. The summed E-state index contributed by atoms with van der Waals surface area (Å²) < 4.78 is 6.17. The van der Waals surface area contributed by atoms with E-state index in [-0.39, 0.29) is 5.91 Å². The molecule has 1 aliphatic rings. The molecule has 0 atom stereocenters. The maximum absolute atomic E-state index is 13.2. The molecule has 4 aromatic rings. The minimum absolute atomic E-state index is 0.315. The van der Waals surface area contributed by atoms with E-state index >= 15 is 0 Å². The Labute approximate surface area is 194 Å². The lowest BCUT2D eigenvalue weighted by Crippen LogP contribution is -2.13. The predicted octanol–water partition coefficient (Wildman–Crippen LogP) is 5.25. The zero-order chi connectivity index (χ0) is 22.8. The molecule has 0 bridgehead atoms. The number of carbonyl (C=O) groups excluding carboxylic acids is 1. The van der Waals surface area contributed by atoms with Crippen LogP contribution in [0.3, 0.4) is 0 Å².